The second-order valence-electron chi connectivity index (χ2n) is 3.20. The van der Waals surface area contributed by atoms with Crippen LogP contribution in [0, 0.1) is 11.3 Å². The van der Waals surface area contributed by atoms with Crippen LogP contribution < -0.4 is 11.1 Å². The van der Waals surface area contributed by atoms with Crippen LogP contribution in [0.3, 0.4) is 0 Å². The Morgan fingerprint density at radius 3 is 3.15 bits per heavy atom. The van der Waals surface area contributed by atoms with Crippen molar-refractivity contribution in [2.24, 2.45) is 5.73 Å². The first-order chi connectivity index (χ1) is 6.22. The maximum absolute atomic E-state index is 10.5. The quantitative estimate of drug-likeness (QED) is 0.625. The van der Waals surface area contributed by atoms with Gasteiger partial charge in [0.25, 0.3) is 0 Å². The van der Waals surface area contributed by atoms with E-state index in [9.17, 15) is 4.79 Å². The van der Waals surface area contributed by atoms with E-state index in [4.69, 9.17) is 11.0 Å². The molecular weight excluding hydrogens is 168 g/mol. The number of carbonyl (C=O) groups is 1. The molecule has 1 heterocycles. The van der Waals surface area contributed by atoms with Gasteiger partial charge in [-0.3, -0.25) is 0 Å². The van der Waals surface area contributed by atoms with E-state index >= 15 is 0 Å². The van der Waals surface area contributed by atoms with Gasteiger partial charge in [-0.15, -0.1) is 0 Å². The molecule has 3 N–H and O–H groups in total. The van der Waals surface area contributed by atoms with Crippen molar-refractivity contribution in [3.05, 3.63) is 0 Å². The average molecular weight is 182 g/mol. The number of carbonyl (C=O) groups excluding carboxylic acids is 1. The first kappa shape index (κ1) is 9.81. The number of hydrogen-bond acceptors (Lipinski definition) is 3. The summed E-state index contributed by atoms with van der Waals surface area (Å²) >= 11 is 0. The van der Waals surface area contributed by atoms with Gasteiger partial charge in [0.15, 0.2) is 0 Å². The zero-order valence-electron chi connectivity index (χ0n) is 7.49. The van der Waals surface area contributed by atoms with Crippen LogP contribution in [0.4, 0.5) is 4.79 Å². The van der Waals surface area contributed by atoms with Gasteiger partial charge in [-0.1, -0.05) is 0 Å². The van der Waals surface area contributed by atoms with E-state index in [1.54, 1.807) is 0 Å². The number of nitrogens with one attached hydrogen (secondary N) is 1. The van der Waals surface area contributed by atoms with Crippen LogP contribution in [-0.2, 0) is 0 Å². The lowest BCUT2D eigenvalue weighted by Crippen LogP contribution is -2.40. The predicted molar refractivity (Wildman–Crippen MR) is 47.8 cm³/mol. The highest BCUT2D eigenvalue weighted by molar-refractivity contribution is 5.72. The number of hydrogen-bond donors (Lipinski definition) is 2. The highest BCUT2D eigenvalue weighted by Crippen LogP contribution is 2.08. The summed E-state index contributed by atoms with van der Waals surface area (Å²) in [5.74, 6) is 0. The third kappa shape index (κ3) is 3.30. The normalized spacial score (nSPS) is 22.5. The molecule has 1 rings (SSSR count). The molecule has 1 aliphatic heterocycles. The van der Waals surface area contributed by atoms with Crippen LogP contribution in [0.25, 0.3) is 0 Å². The average Bonchev–Trinajstić information content (AvgIpc) is 2.48. The minimum atomic E-state index is -0.466. The number of amides is 2. The van der Waals surface area contributed by atoms with Crippen LogP contribution in [0.5, 0.6) is 0 Å². The van der Waals surface area contributed by atoms with Crippen LogP contribution in [-0.4, -0.2) is 36.6 Å². The molecule has 0 saturated carbocycles. The van der Waals surface area contributed by atoms with E-state index in [2.05, 4.69) is 16.3 Å². The molecule has 1 aliphatic rings. The lowest BCUT2D eigenvalue weighted by atomic mass is 10.3. The molecule has 1 unspecified atom stereocenters. The minimum absolute atomic E-state index is 0.163. The maximum Gasteiger partial charge on any atom is 0.312 e. The molecule has 5 nitrogen and oxygen atoms in total. The SMILES string of the molecule is N#CCCN1CCC(NC(N)=O)C1. The highest BCUT2D eigenvalue weighted by atomic mass is 16.2. The molecule has 1 fully saturated rings. The summed E-state index contributed by atoms with van der Waals surface area (Å²) in [4.78, 5) is 12.7. The Kier molecular flexibility index (Phi) is 3.53. The number of urea groups is 1. The number of nitriles is 1. The van der Waals surface area contributed by atoms with Crippen molar-refractivity contribution < 1.29 is 4.79 Å². The monoisotopic (exact) mass is 182 g/mol. The summed E-state index contributed by atoms with van der Waals surface area (Å²) in [6, 6.07) is 1.79. The molecule has 0 radical (unpaired) electrons. The molecule has 0 spiro atoms. The summed E-state index contributed by atoms with van der Waals surface area (Å²) in [5, 5.41) is 11.0. The Bertz CT molecular complexity index is 223. The number of primary amides is 1. The summed E-state index contributed by atoms with van der Waals surface area (Å²) < 4.78 is 0. The minimum Gasteiger partial charge on any atom is -0.352 e. The summed E-state index contributed by atoms with van der Waals surface area (Å²) in [7, 11) is 0. The zero-order chi connectivity index (χ0) is 9.68. The largest absolute Gasteiger partial charge is 0.352 e. The highest BCUT2D eigenvalue weighted by Gasteiger charge is 2.22. The Morgan fingerprint density at radius 1 is 1.77 bits per heavy atom. The fraction of sp³-hybridized carbons (Fsp3) is 0.750. The lowest BCUT2D eigenvalue weighted by molar-refractivity contribution is 0.244. The molecule has 2 amide bonds. The Balaban J connectivity index is 2.20. The van der Waals surface area contributed by atoms with E-state index in [1.165, 1.54) is 0 Å². The van der Waals surface area contributed by atoms with E-state index < -0.39 is 6.03 Å². The van der Waals surface area contributed by atoms with Crippen LogP contribution in [0.15, 0.2) is 0 Å². The van der Waals surface area contributed by atoms with Crippen molar-refractivity contribution in [2.75, 3.05) is 19.6 Å². The van der Waals surface area contributed by atoms with Gasteiger partial charge in [0, 0.05) is 32.1 Å². The number of nitrogens with zero attached hydrogens (tertiary/aromatic N) is 2. The van der Waals surface area contributed by atoms with Crippen molar-refractivity contribution in [1.82, 2.24) is 10.2 Å². The lowest BCUT2D eigenvalue weighted by Gasteiger charge is -2.13. The van der Waals surface area contributed by atoms with Crippen LogP contribution in [0.2, 0.25) is 0 Å². The van der Waals surface area contributed by atoms with Gasteiger partial charge in [-0.25, -0.2) is 4.79 Å². The molecular formula is C8H14N4O. The van der Waals surface area contributed by atoms with Crippen molar-refractivity contribution in [3.63, 3.8) is 0 Å². The van der Waals surface area contributed by atoms with Crippen molar-refractivity contribution in [3.8, 4) is 6.07 Å². The third-order valence-electron chi connectivity index (χ3n) is 2.16. The second-order valence-corrected chi connectivity index (χ2v) is 3.20. The van der Waals surface area contributed by atoms with Crippen LogP contribution in [0.1, 0.15) is 12.8 Å². The van der Waals surface area contributed by atoms with E-state index in [0.29, 0.717) is 6.42 Å². The number of rotatable bonds is 3. The van der Waals surface area contributed by atoms with Crippen molar-refractivity contribution in [2.45, 2.75) is 18.9 Å². The first-order valence-electron chi connectivity index (χ1n) is 4.37. The van der Waals surface area contributed by atoms with E-state index in [1.807, 2.05) is 0 Å². The van der Waals surface area contributed by atoms with Gasteiger partial charge in [0.05, 0.1) is 6.07 Å². The molecule has 0 aliphatic carbocycles. The molecule has 0 aromatic carbocycles. The topological polar surface area (TPSA) is 82.2 Å². The molecule has 5 heteroatoms. The zero-order valence-corrected chi connectivity index (χ0v) is 7.49. The fourth-order valence-electron chi connectivity index (χ4n) is 1.56. The third-order valence-corrected chi connectivity index (χ3v) is 2.16. The van der Waals surface area contributed by atoms with Crippen molar-refractivity contribution >= 4 is 6.03 Å². The van der Waals surface area contributed by atoms with Gasteiger partial charge < -0.3 is 16.0 Å². The van der Waals surface area contributed by atoms with Gasteiger partial charge >= 0.3 is 6.03 Å². The second kappa shape index (κ2) is 4.67. The summed E-state index contributed by atoms with van der Waals surface area (Å²) in [6.45, 7) is 2.53. The van der Waals surface area contributed by atoms with Gasteiger partial charge in [0.1, 0.15) is 0 Å². The number of nitrogens with two attached hydrogens (primary N) is 1. The van der Waals surface area contributed by atoms with Gasteiger partial charge in [-0.05, 0) is 6.42 Å². The van der Waals surface area contributed by atoms with E-state index in [-0.39, 0.29) is 6.04 Å². The van der Waals surface area contributed by atoms with Gasteiger partial charge in [-0.2, -0.15) is 5.26 Å². The predicted octanol–water partition coefficient (Wildman–Crippen LogP) is -0.357. The van der Waals surface area contributed by atoms with Crippen LogP contribution >= 0.6 is 0 Å². The Hall–Kier alpha value is -1.28. The smallest absolute Gasteiger partial charge is 0.312 e. The Labute approximate surface area is 77.5 Å². The Morgan fingerprint density at radius 2 is 2.54 bits per heavy atom. The fourth-order valence-corrected chi connectivity index (χ4v) is 1.56. The summed E-state index contributed by atoms with van der Waals surface area (Å²) in [5.41, 5.74) is 5.00. The first-order valence-corrected chi connectivity index (χ1v) is 4.37. The summed E-state index contributed by atoms with van der Waals surface area (Å²) in [6.07, 6.45) is 1.47. The molecule has 72 valence electrons. The number of likely N-dealkylation sites (tertiary alicyclic amines) is 1. The molecule has 1 saturated heterocycles. The molecule has 0 aromatic heterocycles. The standard InChI is InChI=1S/C8H14N4O/c9-3-1-4-12-5-2-7(6-12)11-8(10)13/h7H,1-2,4-6H2,(H3,10,11,13). The molecule has 0 bridgehead atoms. The van der Waals surface area contributed by atoms with Gasteiger partial charge in [0.2, 0.25) is 0 Å². The van der Waals surface area contributed by atoms with Crippen molar-refractivity contribution in [1.29, 1.82) is 5.26 Å². The molecule has 1 atom stereocenters. The molecule has 13 heavy (non-hydrogen) atoms. The maximum atomic E-state index is 10.5. The molecule has 0 aromatic rings. The van der Waals surface area contributed by atoms with E-state index in [0.717, 1.165) is 26.1 Å².